The summed E-state index contributed by atoms with van der Waals surface area (Å²) in [7, 11) is 0. The molecule has 3 N–H and O–H groups in total. The van der Waals surface area contributed by atoms with Gasteiger partial charge in [-0.15, -0.1) is 5.10 Å². The highest BCUT2D eigenvalue weighted by Crippen LogP contribution is 2.43. The van der Waals surface area contributed by atoms with Crippen molar-refractivity contribution in [2.75, 3.05) is 29.0 Å². The lowest BCUT2D eigenvalue weighted by Crippen LogP contribution is -2.32. The average molecular weight is 614 g/mol. The number of nitrogens with zero attached hydrogens (tertiary/aromatic N) is 6. The summed E-state index contributed by atoms with van der Waals surface area (Å²) in [6.07, 6.45) is 11.0. The van der Waals surface area contributed by atoms with Crippen LogP contribution < -0.4 is 16.0 Å². The highest BCUT2D eigenvalue weighted by Gasteiger charge is 2.39. The van der Waals surface area contributed by atoms with Crippen LogP contribution in [0.15, 0.2) is 67.0 Å². The molecule has 232 valence electrons. The first kappa shape index (κ1) is 28.2. The van der Waals surface area contributed by atoms with E-state index in [1.165, 1.54) is 29.8 Å². The molecule has 3 aromatic heterocycles. The van der Waals surface area contributed by atoms with E-state index in [0.29, 0.717) is 35.9 Å². The van der Waals surface area contributed by atoms with Crippen molar-refractivity contribution < 1.29 is 9.59 Å². The Balaban J connectivity index is 0.900. The number of amides is 3. The monoisotopic (exact) mass is 613 g/mol. The zero-order valence-corrected chi connectivity index (χ0v) is 25.5. The van der Waals surface area contributed by atoms with Crippen molar-refractivity contribution in [2.45, 2.75) is 57.5 Å². The van der Waals surface area contributed by atoms with Crippen LogP contribution in [-0.4, -0.2) is 54.9 Å². The lowest BCUT2D eigenvalue weighted by atomic mass is 9.92. The summed E-state index contributed by atoms with van der Waals surface area (Å²) in [6, 6.07) is 17.1. The number of aryl methyl sites for hydroxylation is 1. The maximum Gasteiger partial charge on any atom is 0.324 e. The number of para-hydroxylation sites is 1. The molecule has 1 saturated heterocycles. The van der Waals surface area contributed by atoms with Gasteiger partial charge < -0.3 is 15.5 Å². The molecule has 1 fully saturated rings. The number of hydrogen-bond donors (Lipinski definition) is 3. The number of carbonyl (C=O) groups is 2. The second-order valence-electron chi connectivity index (χ2n) is 12.2. The van der Waals surface area contributed by atoms with Crippen LogP contribution in [-0.2, 0) is 19.4 Å². The number of pyridine rings is 2. The fourth-order valence-electron chi connectivity index (χ4n) is 7.15. The van der Waals surface area contributed by atoms with E-state index in [-0.39, 0.29) is 11.9 Å². The summed E-state index contributed by atoms with van der Waals surface area (Å²) < 4.78 is 1.83. The van der Waals surface area contributed by atoms with Crippen LogP contribution in [0.1, 0.15) is 65.3 Å². The van der Waals surface area contributed by atoms with E-state index in [0.717, 1.165) is 60.7 Å². The molecule has 1 aliphatic carbocycles. The molecule has 1 unspecified atom stereocenters. The van der Waals surface area contributed by atoms with Crippen molar-refractivity contribution in [3.8, 4) is 11.3 Å². The molecule has 11 nitrogen and oxygen atoms in total. The normalized spacial score (nSPS) is 16.9. The summed E-state index contributed by atoms with van der Waals surface area (Å²) in [5.74, 6) is 0.462. The van der Waals surface area contributed by atoms with Gasteiger partial charge in [0, 0.05) is 58.4 Å². The molecule has 3 amide bonds. The second-order valence-corrected chi connectivity index (χ2v) is 12.2. The molecule has 2 aromatic carbocycles. The predicted molar refractivity (Wildman–Crippen MR) is 177 cm³/mol. The molecule has 0 spiro atoms. The first-order valence-corrected chi connectivity index (χ1v) is 16.2. The van der Waals surface area contributed by atoms with Gasteiger partial charge in [0.2, 0.25) is 0 Å². The number of benzene rings is 2. The summed E-state index contributed by atoms with van der Waals surface area (Å²) in [4.78, 5) is 37.1. The minimum absolute atomic E-state index is 0.0233. The van der Waals surface area contributed by atoms with Gasteiger partial charge in [-0.2, -0.15) is 0 Å². The van der Waals surface area contributed by atoms with Crippen LogP contribution in [0.25, 0.3) is 22.2 Å². The van der Waals surface area contributed by atoms with Crippen LogP contribution in [0.5, 0.6) is 0 Å². The van der Waals surface area contributed by atoms with Gasteiger partial charge in [-0.3, -0.25) is 19.8 Å². The predicted octanol–water partition coefficient (Wildman–Crippen LogP) is 6.20. The highest BCUT2D eigenvalue weighted by molar-refractivity contribution is 6.05. The topological polar surface area (TPSA) is 130 Å². The lowest BCUT2D eigenvalue weighted by molar-refractivity contribution is 0.0672. The number of aromatic nitrogens is 5. The van der Waals surface area contributed by atoms with Crippen molar-refractivity contribution in [1.82, 2.24) is 29.9 Å². The fourth-order valence-corrected chi connectivity index (χ4v) is 7.15. The Bertz CT molecular complexity index is 1950. The Hall–Kier alpha value is -5.32. The van der Waals surface area contributed by atoms with E-state index in [1.807, 2.05) is 46.1 Å². The molecule has 3 aliphatic rings. The zero-order valence-electron chi connectivity index (χ0n) is 25.5. The summed E-state index contributed by atoms with van der Waals surface area (Å²) >= 11 is 0. The number of urea groups is 1. The van der Waals surface area contributed by atoms with E-state index >= 15 is 0 Å². The third-order valence-electron chi connectivity index (χ3n) is 9.33. The van der Waals surface area contributed by atoms with Crippen LogP contribution in [0, 0.1) is 0 Å². The maximum atomic E-state index is 12.9. The molecule has 5 heterocycles. The van der Waals surface area contributed by atoms with Gasteiger partial charge in [0.25, 0.3) is 5.91 Å². The standard InChI is InChI=1S/C35H35N9O2/c45-34-25-10-7-13-28(32(25)30-14-5-6-18-44(30)34)39-35(46)40-31-16-15-22(20-37-31)29-21-43(42-41-29)19-17-36-33-23-8-1-3-11-26(23)38-27-12-4-2-9-24(27)33/h1,3,7-8,10-11,13,15-16,20-21,30H,2,4-6,9,12,14,17-19H2,(H,36,38)(H2,37,39,40,46). The number of piperidine rings is 1. The third-order valence-corrected chi connectivity index (χ3v) is 9.33. The van der Waals surface area contributed by atoms with E-state index in [2.05, 4.69) is 49.4 Å². The van der Waals surface area contributed by atoms with Gasteiger partial charge in [-0.25, -0.2) is 9.78 Å². The minimum atomic E-state index is -0.406. The van der Waals surface area contributed by atoms with E-state index in [9.17, 15) is 9.59 Å². The number of anilines is 3. The van der Waals surface area contributed by atoms with Crippen molar-refractivity contribution in [3.05, 3.63) is 89.4 Å². The Morgan fingerprint density at radius 2 is 1.87 bits per heavy atom. The number of hydrogen-bond acceptors (Lipinski definition) is 7. The zero-order chi connectivity index (χ0) is 31.0. The van der Waals surface area contributed by atoms with Gasteiger partial charge in [-0.05, 0) is 80.8 Å². The fraction of sp³-hybridized carbons (Fsp3) is 0.314. The summed E-state index contributed by atoms with van der Waals surface area (Å²) in [5, 5.41) is 19.3. The van der Waals surface area contributed by atoms with Crippen molar-refractivity contribution in [3.63, 3.8) is 0 Å². The number of rotatable bonds is 7. The van der Waals surface area contributed by atoms with Crippen molar-refractivity contribution in [1.29, 1.82) is 0 Å². The minimum Gasteiger partial charge on any atom is -0.382 e. The van der Waals surface area contributed by atoms with Crippen LogP contribution in [0.4, 0.5) is 22.0 Å². The molecule has 11 heteroatoms. The number of fused-ring (bicyclic) bond motifs is 5. The highest BCUT2D eigenvalue weighted by atomic mass is 16.2. The van der Waals surface area contributed by atoms with Gasteiger partial charge in [0.15, 0.2) is 0 Å². The van der Waals surface area contributed by atoms with Gasteiger partial charge in [-0.1, -0.05) is 29.5 Å². The number of nitrogens with one attached hydrogen (secondary N) is 3. The van der Waals surface area contributed by atoms with E-state index in [4.69, 9.17) is 4.98 Å². The Morgan fingerprint density at radius 3 is 2.78 bits per heavy atom. The molecular formula is C35H35N9O2. The molecule has 8 rings (SSSR count). The van der Waals surface area contributed by atoms with Crippen LogP contribution in [0.3, 0.4) is 0 Å². The third kappa shape index (κ3) is 5.21. The summed E-state index contributed by atoms with van der Waals surface area (Å²) in [6.45, 7) is 2.12. The van der Waals surface area contributed by atoms with Crippen LogP contribution in [0.2, 0.25) is 0 Å². The SMILES string of the molecule is O=C(Nc1ccc(-c2cn(CCNc3c4c(nc5ccccc35)CCCC4)nn2)cn1)Nc1cccc2c1C1CCCCN1C2=O. The molecule has 46 heavy (non-hydrogen) atoms. The van der Waals surface area contributed by atoms with E-state index in [1.54, 1.807) is 12.3 Å². The average Bonchev–Trinajstić information content (AvgIpc) is 3.68. The Labute approximate surface area is 266 Å². The Morgan fingerprint density at radius 1 is 0.957 bits per heavy atom. The largest absolute Gasteiger partial charge is 0.382 e. The maximum absolute atomic E-state index is 12.9. The second kappa shape index (κ2) is 11.9. The molecule has 0 saturated carbocycles. The first-order chi connectivity index (χ1) is 22.6. The molecule has 0 bridgehead atoms. The lowest BCUT2D eigenvalue weighted by Gasteiger charge is -2.30. The quantitative estimate of drug-likeness (QED) is 0.199. The molecule has 5 aromatic rings. The molecule has 1 atom stereocenters. The van der Waals surface area contributed by atoms with Gasteiger partial charge in [0.1, 0.15) is 11.5 Å². The molecule has 2 aliphatic heterocycles. The van der Waals surface area contributed by atoms with E-state index < -0.39 is 6.03 Å². The summed E-state index contributed by atoms with van der Waals surface area (Å²) in [5.41, 5.74) is 8.56. The Kier molecular flexibility index (Phi) is 7.28. The van der Waals surface area contributed by atoms with Gasteiger partial charge in [0.05, 0.1) is 24.3 Å². The molecular weight excluding hydrogens is 578 g/mol. The van der Waals surface area contributed by atoms with Crippen LogP contribution >= 0.6 is 0 Å². The smallest absolute Gasteiger partial charge is 0.324 e. The molecule has 0 radical (unpaired) electrons. The van der Waals surface area contributed by atoms with Gasteiger partial charge >= 0.3 is 6.03 Å². The first-order valence-electron chi connectivity index (χ1n) is 16.2. The van der Waals surface area contributed by atoms with Crippen molar-refractivity contribution in [2.24, 2.45) is 0 Å². The van der Waals surface area contributed by atoms with Crippen molar-refractivity contribution >= 4 is 40.0 Å². The number of carbonyl (C=O) groups excluding carboxylic acids is 2.